The van der Waals surface area contributed by atoms with Gasteiger partial charge in [-0.25, -0.2) is 0 Å². The zero-order chi connectivity index (χ0) is 13.5. The summed E-state index contributed by atoms with van der Waals surface area (Å²) in [5.74, 6) is 6.39. The monoisotopic (exact) mass is 248 g/mol. The normalized spacial score (nSPS) is 10.9. The summed E-state index contributed by atoms with van der Waals surface area (Å²) >= 11 is 0. The second-order valence-electron chi connectivity index (χ2n) is 3.96. The van der Waals surface area contributed by atoms with Crippen molar-refractivity contribution >= 4 is 0 Å². The molecule has 0 aliphatic heterocycles. The van der Waals surface area contributed by atoms with Gasteiger partial charge in [-0.3, -0.25) is 4.98 Å². The lowest BCUT2D eigenvalue weighted by atomic mass is 9.96. The van der Waals surface area contributed by atoms with E-state index in [1.54, 1.807) is 4.91 Å². The van der Waals surface area contributed by atoms with Gasteiger partial charge in [-0.15, -0.1) is 5.53 Å². The molecule has 0 bridgehead atoms. The van der Waals surface area contributed by atoms with Gasteiger partial charge in [0.05, 0.1) is 11.3 Å². The van der Waals surface area contributed by atoms with E-state index in [1.807, 2.05) is 18.3 Å². The zero-order valence-corrected chi connectivity index (χ0v) is 10.3. The molecule has 19 heavy (non-hydrogen) atoms. The molecule has 1 N–H and O–H groups in total. The number of aryl methyl sites for hydroxylation is 1. The number of pyridine rings is 1. The number of hydrogen-bond acceptors (Lipinski definition) is 2. The van der Waals surface area contributed by atoms with Crippen LogP contribution < -0.4 is 0 Å². The largest absolute Gasteiger partial charge is 0.255 e. The van der Waals surface area contributed by atoms with Crippen LogP contribution in [0, 0.1) is 17.4 Å². The average molecular weight is 248 g/mol. The molecular weight excluding hydrogens is 236 g/mol. The summed E-state index contributed by atoms with van der Waals surface area (Å²) in [4.78, 5) is 6.21. The summed E-state index contributed by atoms with van der Waals surface area (Å²) < 4.78 is 0. The van der Waals surface area contributed by atoms with Crippen LogP contribution in [-0.2, 0) is 6.42 Å². The Hall–Kier alpha value is -2.76. The fourth-order valence-corrected chi connectivity index (χ4v) is 2.05. The molecule has 2 aromatic rings. The predicted molar refractivity (Wildman–Crippen MR) is 74.3 cm³/mol. The van der Waals surface area contributed by atoms with Crippen molar-refractivity contribution in [2.24, 2.45) is 0 Å². The number of aromatic nitrogens is 1. The standard InChI is InChI=1S/C15H11N.HN3/c1-2-8-13-9-5-11-16-15(13)14-10-4-3-7-12(14)6-1;1-3-2/h3-5,7,9-11H,1,6H2;1H. The first kappa shape index (κ1) is 12.7. The van der Waals surface area contributed by atoms with Gasteiger partial charge in [0, 0.05) is 18.2 Å². The van der Waals surface area contributed by atoms with Crippen LogP contribution in [0.1, 0.15) is 17.5 Å². The Labute approximate surface area is 111 Å². The highest BCUT2D eigenvalue weighted by Crippen LogP contribution is 2.26. The highest BCUT2D eigenvalue weighted by atomic mass is 15.0. The highest BCUT2D eigenvalue weighted by Gasteiger charge is 2.10. The molecule has 0 saturated heterocycles. The Morgan fingerprint density at radius 2 is 2.00 bits per heavy atom. The molecular formula is C15H12N4. The molecule has 1 heterocycles. The van der Waals surface area contributed by atoms with Crippen LogP contribution in [0.15, 0.2) is 42.6 Å². The van der Waals surface area contributed by atoms with E-state index >= 15 is 0 Å². The van der Waals surface area contributed by atoms with Gasteiger partial charge >= 0.3 is 0 Å². The smallest absolute Gasteiger partial charge is 0.0861 e. The lowest BCUT2D eigenvalue weighted by Crippen LogP contribution is -1.96. The van der Waals surface area contributed by atoms with E-state index < -0.39 is 0 Å². The number of fused-ring (bicyclic) bond motifs is 3. The molecule has 0 saturated carbocycles. The van der Waals surface area contributed by atoms with Gasteiger partial charge in [0.25, 0.3) is 0 Å². The number of nitrogens with one attached hydrogen (secondary N) is 1. The lowest BCUT2D eigenvalue weighted by Gasteiger charge is -2.11. The molecule has 92 valence electrons. The molecule has 1 aromatic carbocycles. The van der Waals surface area contributed by atoms with Crippen LogP contribution in [0.3, 0.4) is 0 Å². The van der Waals surface area contributed by atoms with Gasteiger partial charge < -0.3 is 0 Å². The summed E-state index contributed by atoms with van der Waals surface area (Å²) in [5.41, 5.74) is 16.9. The second kappa shape index (κ2) is 6.25. The van der Waals surface area contributed by atoms with E-state index in [-0.39, 0.29) is 0 Å². The van der Waals surface area contributed by atoms with Gasteiger partial charge in [-0.1, -0.05) is 36.1 Å². The summed E-state index contributed by atoms with van der Waals surface area (Å²) in [6, 6.07) is 12.4. The first-order valence-corrected chi connectivity index (χ1v) is 5.90. The van der Waals surface area contributed by atoms with Crippen molar-refractivity contribution < 1.29 is 0 Å². The van der Waals surface area contributed by atoms with Crippen LogP contribution in [0.25, 0.3) is 21.7 Å². The Kier molecular flexibility index (Phi) is 4.17. The van der Waals surface area contributed by atoms with Crippen LogP contribution in [-0.4, -0.2) is 4.98 Å². The molecule has 1 aromatic heterocycles. The Morgan fingerprint density at radius 3 is 2.84 bits per heavy atom. The van der Waals surface area contributed by atoms with E-state index in [1.165, 1.54) is 11.1 Å². The third-order valence-electron chi connectivity index (χ3n) is 2.82. The maximum absolute atomic E-state index is 6.86. The molecule has 0 spiro atoms. The van der Waals surface area contributed by atoms with Crippen LogP contribution in [0.2, 0.25) is 0 Å². The lowest BCUT2D eigenvalue weighted by molar-refractivity contribution is 1.02. The van der Waals surface area contributed by atoms with Crippen molar-refractivity contribution in [3.63, 3.8) is 0 Å². The van der Waals surface area contributed by atoms with Gasteiger partial charge in [-0.05, 0) is 34.6 Å². The fraction of sp³-hybridized carbons (Fsp3) is 0.133. The minimum atomic E-state index is 0.922. The van der Waals surface area contributed by atoms with Crippen molar-refractivity contribution in [1.82, 2.24) is 4.98 Å². The van der Waals surface area contributed by atoms with Crippen LogP contribution in [0.5, 0.6) is 0 Å². The van der Waals surface area contributed by atoms with E-state index in [2.05, 4.69) is 41.1 Å². The molecule has 0 atom stereocenters. The topological polar surface area (TPSA) is 73.1 Å². The number of hydrogen-bond donors (Lipinski definition) is 1. The third kappa shape index (κ3) is 2.92. The third-order valence-corrected chi connectivity index (χ3v) is 2.82. The van der Waals surface area contributed by atoms with Crippen molar-refractivity contribution in [1.29, 1.82) is 5.53 Å². The molecule has 1 aliphatic carbocycles. The maximum Gasteiger partial charge on any atom is 0.0861 e. The van der Waals surface area contributed by atoms with E-state index in [0.29, 0.717) is 0 Å². The Balaban J connectivity index is 0.000000408. The summed E-state index contributed by atoms with van der Waals surface area (Å²) in [7, 11) is 0. The van der Waals surface area contributed by atoms with Crippen LogP contribution >= 0.6 is 0 Å². The fourth-order valence-electron chi connectivity index (χ4n) is 2.05. The van der Waals surface area contributed by atoms with E-state index in [0.717, 1.165) is 24.1 Å². The Bertz CT molecular complexity index is 674. The summed E-state index contributed by atoms with van der Waals surface area (Å²) in [5, 5.41) is 0. The molecule has 4 nitrogen and oxygen atoms in total. The SMILES string of the molecule is C1#Cc2cccnc2-c2ccccc2CC1.[N-]=[N+]=N. The minimum Gasteiger partial charge on any atom is -0.255 e. The summed E-state index contributed by atoms with van der Waals surface area (Å²) in [6.07, 6.45) is 3.77. The highest BCUT2D eigenvalue weighted by molar-refractivity contribution is 5.70. The minimum absolute atomic E-state index is 0.922. The maximum atomic E-state index is 6.86. The zero-order valence-electron chi connectivity index (χ0n) is 10.3. The summed E-state index contributed by atoms with van der Waals surface area (Å²) in [6.45, 7) is 0. The quantitative estimate of drug-likeness (QED) is 0.326. The van der Waals surface area contributed by atoms with Crippen molar-refractivity contribution in [3.05, 3.63) is 64.2 Å². The molecule has 0 amide bonds. The predicted octanol–water partition coefficient (Wildman–Crippen LogP) is 3.92. The first-order chi connectivity index (χ1) is 9.36. The molecule has 0 unspecified atom stereocenters. The molecule has 0 fully saturated rings. The average Bonchev–Trinajstić information content (AvgIpc) is 2.43. The molecule has 1 aliphatic rings. The number of benzene rings is 1. The molecule has 0 radical (unpaired) electrons. The van der Waals surface area contributed by atoms with Crippen molar-refractivity contribution in [2.45, 2.75) is 12.8 Å². The van der Waals surface area contributed by atoms with Crippen molar-refractivity contribution in [3.8, 4) is 23.1 Å². The van der Waals surface area contributed by atoms with Crippen molar-refractivity contribution in [2.75, 3.05) is 0 Å². The van der Waals surface area contributed by atoms with Crippen LogP contribution in [0.4, 0.5) is 0 Å². The molecule has 4 heteroatoms. The van der Waals surface area contributed by atoms with Gasteiger partial charge in [0.1, 0.15) is 0 Å². The number of rotatable bonds is 0. The second-order valence-corrected chi connectivity index (χ2v) is 3.96. The molecule has 3 rings (SSSR count). The first-order valence-electron chi connectivity index (χ1n) is 5.90. The van der Waals surface area contributed by atoms with E-state index in [4.69, 9.17) is 11.1 Å². The van der Waals surface area contributed by atoms with Gasteiger partial charge in [0.2, 0.25) is 0 Å². The van der Waals surface area contributed by atoms with Gasteiger partial charge in [0.15, 0.2) is 0 Å². The van der Waals surface area contributed by atoms with Gasteiger partial charge in [-0.2, -0.15) is 0 Å². The Morgan fingerprint density at radius 1 is 1.21 bits per heavy atom. The van der Waals surface area contributed by atoms with E-state index in [9.17, 15) is 0 Å². The number of nitrogens with zero attached hydrogens (tertiary/aromatic N) is 3.